The van der Waals surface area contributed by atoms with Gasteiger partial charge in [0, 0.05) is 25.6 Å². The highest BCUT2D eigenvalue weighted by Crippen LogP contribution is 1.98. The molecular formula is C10H22N2O2. The van der Waals surface area contributed by atoms with E-state index >= 15 is 0 Å². The molecule has 0 aromatic rings. The van der Waals surface area contributed by atoms with Crippen LogP contribution in [0.4, 0.5) is 0 Å². The Morgan fingerprint density at radius 3 is 2.57 bits per heavy atom. The summed E-state index contributed by atoms with van der Waals surface area (Å²) in [7, 11) is 0. The fourth-order valence-corrected chi connectivity index (χ4v) is 1.08. The average molecular weight is 202 g/mol. The van der Waals surface area contributed by atoms with Crippen molar-refractivity contribution in [2.45, 2.75) is 32.6 Å². The van der Waals surface area contributed by atoms with Crippen LogP contribution in [0.25, 0.3) is 0 Å². The summed E-state index contributed by atoms with van der Waals surface area (Å²) in [5.74, 6) is -0.0536. The molecule has 0 spiro atoms. The quantitative estimate of drug-likeness (QED) is 0.494. The molecule has 0 aliphatic heterocycles. The number of nitrogens with one attached hydrogen (secondary N) is 1. The van der Waals surface area contributed by atoms with Gasteiger partial charge in [-0.15, -0.1) is 0 Å². The van der Waals surface area contributed by atoms with Gasteiger partial charge in [-0.1, -0.05) is 19.8 Å². The van der Waals surface area contributed by atoms with E-state index in [4.69, 9.17) is 10.8 Å². The Hall–Kier alpha value is -0.610. The summed E-state index contributed by atoms with van der Waals surface area (Å²) >= 11 is 0. The first-order chi connectivity index (χ1) is 6.72. The predicted octanol–water partition coefficient (Wildman–Crippen LogP) is 0.250. The summed E-state index contributed by atoms with van der Waals surface area (Å²) in [5.41, 5.74) is 5.35. The molecule has 0 aliphatic carbocycles. The second-order valence-corrected chi connectivity index (χ2v) is 3.57. The smallest absolute Gasteiger partial charge is 0.224 e. The number of rotatable bonds is 8. The average Bonchev–Trinajstić information content (AvgIpc) is 2.21. The molecule has 1 amide bonds. The van der Waals surface area contributed by atoms with Crippen LogP contribution in [0, 0.1) is 5.92 Å². The van der Waals surface area contributed by atoms with Gasteiger partial charge >= 0.3 is 0 Å². The van der Waals surface area contributed by atoms with Crippen LogP contribution in [0.5, 0.6) is 0 Å². The largest absolute Gasteiger partial charge is 0.396 e. The Morgan fingerprint density at radius 2 is 2.00 bits per heavy atom. The number of carbonyl (C=O) groups is 1. The van der Waals surface area contributed by atoms with Crippen LogP contribution in [0.2, 0.25) is 0 Å². The Morgan fingerprint density at radius 1 is 1.36 bits per heavy atom. The van der Waals surface area contributed by atoms with Gasteiger partial charge in [0.15, 0.2) is 0 Å². The van der Waals surface area contributed by atoms with Gasteiger partial charge in [0.1, 0.15) is 0 Å². The Labute approximate surface area is 85.9 Å². The maximum Gasteiger partial charge on any atom is 0.224 e. The predicted molar refractivity (Wildman–Crippen MR) is 56.8 cm³/mol. The van der Waals surface area contributed by atoms with Crippen LogP contribution in [-0.4, -0.2) is 30.7 Å². The zero-order chi connectivity index (χ0) is 10.8. The van der Waals surface area contributed by atoms with Gasteiger partial charge in [-0.25, -0.2) is 0 Å². The van der Waals surface area contributed by atoms with Gasteiger partial charge in [-0.2, -0.15) is 0 Å². The van der Waals surface area contributed by atoms with Crippen molar-refractivity contribution in [2.75, 3.05) is 19.7 Å². The van der Waals surface area contributed by atoms with E-state index in [1.54, 1.807) is 0 Å². The molecule has 14 heavy (non-hydrogen) atoms. The standard InChI is InChI=1S/C10H22N2O2/c1-9(8-11)10(14)12-6-4-2-3-5-7-13/h9,13H,2-8,11H2,1H3,(H,12,14). The molecule has 4 nitrogen and oxygen atoms in total. The van der Waals surface area contributed by atoms with Crippen molar-refractivity contribution < 1.29 is 9.90 Å². The molecule has 0 bridgehead atoms. The van der Waals surface area contributed by atoms with Gasteiger partial charge in [0.2, 0.25) is 5.91 Å². The van der Waals surface area contributed by atoms with Crippen molar-refractivity contribution >= 4 is 5.91 Å². The SMILES string of the molecule is CC(CN)C(=O)NCCCCCCO. The minimum Gasteiger partial charge on any atom is -0.396 e. The summed E-state index contributed by atoms with van der Waals surface area (Å²) in [6.07, 6.45) is 3.91. The van der Waals surface area contributed by atoms with Crippen LogP contribution < -0.4 is 11.1 Å². The molecule has 84 valence electrons. The van der Waals surface area contributed by atoms with E-state index in [1.165, 1.54) is 0 Å². The molecule has 1 atom stereocenters. The second-order valence-electron chi connectivity index (χ2n) is 3.57. The molecule has 4 heteroatoms. The Balaban J connectivity index is 3.23. The van der Waals surface area contributed by atoms with Crippen molar-refractivity contribution in [3.63, 3.8) is 0 Å². The van der Waals surface area contributed by atoms with Gasteiger partial charge in [-0.05, 0) is 12.8 Å². The maximum atomic E-state index is 11.2. The normalized spacial score (nSPS) is 12.5. The molecule has 0 aliphatic rings. The van der Waals surface area contributed by atoms with E-state index in [-0.39, 0.29) is 18.4 Å². The molecular weight excluding hydrogens is 180 g/mol. The van der Waals surface area contributed by atoms with Gasteiger partial charge < -0.3 is 16.2 Å². The van der Waals surface area contributed by atoms with Crippen LogP contribution >= 0.6 is 0 Å². The van der Waals surface area contributed by atoms with Crippen molar-refractivity contribution in [1.82, 2.24) is 5.32 Å². The molecule has 1 unspecified atom stereocenters. The number of nitrogens with two attached hydrogens (primary N) is 1. The van der Waals surface area contributed by atoms with E-state index in [9.17, 15) is 4.79 Å². The topological polar surface area (TPSA) is 75.4 Å². The van der Waals surface area contributed by atoms with Crippen molar-refractivity contribution in [1.29, 1.82) is 0 Å². The maximum absolute atomic E-state index is 11.2. The fraction of sp³-hybridized carbons (Fsp3) is 0.900. The number of hydrogen-bond acceptors (Lipinski definition) is 3. The van der Waals surface area contributed by atoms with E-state index in [2.05, 4.69) is 5.32 Å². The fourth-order valence-electron chi connectivity index (χ4n) is 1.08. The monoisotopic (exact) mass is 202 g/mol. The molecule has 0 radical (unpaired) electrons. The third-order valence-electron chi connectivity index (χ3n) is 2.19. The Bertz CT molecular complexity index is 151. The lowest BCUT2D eigenvalue weighted by Crippen LogP contribution is -2.33. The Kier molecular flexibility index (Phi) is 8.57. The summed E-state index contributed by atoms with van der Waals surface area (Å²) in [5, 5.41) is 11.4. The highest BCUT2D eigenvalue weighted by molar-refractivity contribution is 5.78. The van der Waals surface area contributed by atoms with Crippen LogP contribution in [0.1, 0.15) is 32.6 Å². The van der Waals surface area contributed by atoms with E-state index in [1.807, 2.05) is 6.92 Å². The van der Waals surface area contributed by atoms with Crippen molar-refractivity contribution in [3.8, 4) is 0 Å². The first kappa shape index (κ1) is 13.4. The second kappa shape index (κ2) is 8.97. The molecule has 0 saturated heterocycles. The van der Waals surface area contributed by atoms with E-state index < -0.39 is 0 Å². The highest BCUT2D eigenvalue weighted by Gasteiger charge is 2.08. The third kappa shape index (κ3) is 6.86. The molecule has 0 saturated carbocycles. The van der Waals surface area contributed by atoms with Crippen LogP contribution in [-0.2, 0) is 4.79 Å². The van der Waals surface area contributed by atoms with E-state index in [0.717, 1.165) is 25.7 Å². The summed E-state index contributed by atoms with van der Waals surface area (Å²) in [6.45, 7) is 3.20. The number of aliphatic hydroxyl groups excluding tert-OH is 1. The van der Waals surface area contributed by atoms with Crippen molar-refractivity contribution in [2.24, 2.45) is 11.7 Å². The van der Waals surface area contributed by atoms with Crippen molar-refractivity contribution in [3.05, 3.63) is 0 Å². The summed E-state index contributed by atoms with van der Waals surface area (Å²) in [4.78, 5) is 11.2. The minimum atomic E-state index is -0.0903. The number of carbonyl (C=O) groups excluding carboxylic acids is 1. The summed E-state index contributed by atoms with van der Waals surface area (Å²) in [6, 6.07) is 0. The lowest BCUT2D eigenvalue weighted by molar-refractivity contribution is -0.124. The third-order valence-corrected chi connectivity index (χ3v) is 2.19. The number of unbranched alkanes of at least 4 members (excludes halogenated alkanes) is 3. The number of amides is 1. The van der Waals surface area contributed by atoms with Crippen LogP contribution in [0.3, 0.4) is 0 Å². The first-order valence-corrected chi connectivity index (χ1v) is 5.31. The molecule has 0 heterocycles. The van der Waals surface area contributed by atoms with Gasteiger partial charge in [-0.3, -0.25) is 4.79 Å². The zero-order valence-corrected chi connectivity index (χ0v) is 8.96. The first-order valence-electron chi connectivity index (χ1n) is 5.31. The molecule has 0 fully saturated rings. The highest BCUT2D eigenvalue weighted by atomic mass is 16.2. The lowest BCUT2D eigenvalue weighted by atomic mass is 10.1. The zero-order valence-electron chi connectivity index (χ0n) is 8.96. The molecule has 4 N–H and O–H groups in total. The minimum absolute atomic E-state index is 0.0367. The van der Waals surface area contributed by atoms with Crippen LogP contribution in [0.15, 0.2) is 0 Å². The lowest BCUT2D eigenvalue weighted by Gasteiger charge is -2.09. The molecule has 0 rings (SSSR count). The van der Waals surface area contributed by atoms with Gasteiger partial charge in [0.05, 0.1) is 0 Å². The van der Waals surface area contributed by atoms with Gasteiger partial charge in [0.25, 0.3) is 0 Å². The number of aliphatic hydroxyl groups is 1. The van der Waals surface area contributed by atoms with E-state index in [0.29, 0.717) is 13.1 Å². The molecule has 0 aromatic carbocycles. The number of hydrogen-bond donors (Lipinski definition) is 3. The molecule has 0 aromatic heterocycles. The summed E-state index contributed by atoms with van der Waals surface area (Å²) < 4.78 is 0.